The van der Waals surface area contributed by atoms with Crippen molar-refractivity contribution in [2.24, 2.45) is 0 Å². The number of benzene rings is 3. The van der Waals surface area contributed by atoms with Crippen LogP contribution in [-0.2, 0) is 4.79 Å². The van der Waals surface area contributed by atoms with Crippen LogP contribution in [0.3, 0.4) is 0 Å². The quantitative estimate of drug-likeness (QED) is 0.324. The van der Waals surface area contributed by atoms with Gasteiger partial charge >= 0.3 is 0 Å². The molecule has 0 aliphatic carbocycles. The lowest BCUT2D eigenvalue weighted by Crippen LogP contribution is -2.25. The van der Waals surface area contributed by atoms with Crippen LogP contribution < -0.4 is 4.90 Å². The molecular weight excluding hydrogens is 376 g/mol. The summed E-state index contributed by atoms with van der Waals surface area (Å²) in [6, 6.07) is 22.0. The van der Waals surface area contributed by atoms with Gasteiger partial charge in [0.2, 0.25) is 0 Å². The predicted octanol–water partition coefficient (Wildman–Crippen LogP) is 5.68. The molecule has 0 atom stereocenters. The molecular formula is C25H20N2O3. The van der Waals surface area contributed by atoms with E-state index < -0.39 is 4.92 Å². The van der Waals surface area contributed by atoms with E-state index in [0.717, 1.165) is 33.6 Å². The monoisotopic (exact) mass is 396 g/mol. The van der Waals surface area contributed by atoms with Crippen molar-refractivity contribution >= 4 is 29.1 Å². The van der Waals surface area contributed by atoms with E-state index >= 15 is 0 Å². The first kappa shape index (κ1) is 19.3. The maximum absolute atomic E-state index is 13.3. The van der Waals surface area contributed by atoms with Crippen molar-refractivity contribution < 1.29 is 9.72 Å². The van der Waals surface area contributed by atoms with Crippen molar-refractivity contribution in [2.75, 3.05) is 4.90 Å². The van der Waals surface area contributed by atoms with Gasteiger partial charge in [-0.05, 0) is 67.0 Å². The molecule has 0 bridgehead atoms. The minimum atomic E-state index is -0.438. The van der Waals surface area contributed by atoms with Crippen molar-refractivity contribution in [3.63, 3.8) is 0 Å². The van der Waals surface area contributed by atoms with Crippen LogP contribution in [0.5, 0.6) is 0 Å². The first-order chi connectivity index (χ1) is 14.4. The fraction of sp³-hybridized carbons (Fsp3) is 0.0800. The number of aryl methyl sites for hydroxylation is 2. The average molecular weight is 396 g/mol. The Morgan fingerprint density at radius 3 is 2.23 bits per heavy atom. The van der Waals surface area contributed by atoms with Crippen molar-refractivity contribution in [1.82, 2.24) is 0 Å². The molecule has 0 N–H and O–H groups in total. The summed E-state index contributed by atoms with van der Waals surface area (Å²) in [4.78, 5) is 25.5. The molecule has 0 saturated carbocycles. The van der Waals surface area contributed by atoms with Crippen LogP contribution in [0.4, 0.5) is 11.4 Å². The van der Waals surface area contributed by atoms with Crippen LogP contribution in [0.15, 0.2) is 84.4 Å². The third kappa shape index (κ3) is 3.78. The number of carbonyl (C=O) groups is 1. The molecule has 1 aliphatic rings. The molecule has 30 heavy (non-hydrogen) atoms. The SMILES string of the molecule is Cc1ccc(C2=C/C(=C\c3ccc([N+](=O)[O-])cc3)C(=O)N2c2cccc(C)c2)cc1. The zero-order valence-corrected chi connectivity index (χ0v) is 16.7. The van der Waals surface area contributed by atoms with Crippen LogP contribution in [0.25, 0.3) is 11.8 Å². The van der Waals surface area contributed by atoms with E-state index in [1.807, 2.05) is 68.5 Å². The number of carbonyl (C=O) groups excluding carboxylic acids is 1. The van der Waals surface area contributed by atoms with Gasteiger partial charge in [0.1, 0.15) is 0 Å². The summed E-state index contributed by atoms with van der Waals surface area (Å²) in [5, 5.41) is 10.9. The zero-order valence-electron chi connectivity index (χ0n) is 16.7. The van der Waals surface area contributed by atoms with E-state index in [9.17, 15) is 14.9 Å². The van der Waals surface area contributed by atoms with Crippen LogP contribution >= 0.6 is 0 Å². The first-order valence-electron chi connectivity index (χ1n) is 9.58. The highest BCUT2D eigenvalue weighted by molar-refractivity contribution is 6.23. The second-order valence-corrected chi connectivity index (χ2v) is 7.32. The molecule has 3 aromatic rings. The Balaban J connectivity index is 1.79. The van der Waals surface area contributed by atoms with Gasteiger partial charge in [-0.1, -0.05) is 42.0 Å². The Morgan fingerprint density at radius 1 is 0.900 bits per heavy atom. The van der Waals surface area contributed by atoms with Gasteiger partial charge < -0.3 is 0 Å². The summed E-state index contributed by atoms with van der Waals surface area (Å²) in [7, 11) is 0. The molecule has 1 amide bonds. The second-order valence-electron chi connectivity index (χ2n) is 7.32. The fourth-order valence-electron chi connectivity index (χ4n) is 3.45. The molecule has 0 spiro atoms. The number of rotatable bonds is 4. The highest BCUT2D eigenvalue weighted by Crippen LogP contribution is 2.35. The third-order valence-corrected chi connectivity index (χ3v) is 5.02. The number of hydrogen-bond acceptors (Lipinski definition) is 3. The molecule has 0 fully saturated rings. The van der Waals surface area contributed by atoms with Crippen molar-refractivity contribution in [3.05, 3.63) is 117 Å². The average Bonchev–Trinajstić information content (AvgIpc) is 3.05. The normalized spacial score (nSPS) is 14.9. The molecule has 0 saturated heterocycles. The maximum Gasteiger partial charge on any atom is 0.269 e. The van der Waals surface area contributed by atoms with Gasteiger partial charge in [0, 0.05) is 23.4 Å². The Hall–Kier alpha value is -3.99. The fourth-order valence-corrected chi connectivity index (χ4v) is 3.45. The highest BCUT2D eigenvalue weighted by Gasteiger charge is 2.30. The molecule has 5 nitrogen and oxygen atoms in total. The summed E-state index contributed by atoms with van der Waals surface area (Å²) in [5.41, 5.74) is 6.05. The van der Waals surface area contributed by atoms with Gasteiger partial charge in [-0.25, -0.2) is 0 Å². The van der Waals surface area contributed by atoms with Crippen molar-refractivity contribution in [1.29, 1.82) is 0 Å². The number of nitrogens with zero attached hydrogens (tertiary/aromatic N) is 2. The first-order valence-corrected chi connectivity index (χ1v) is 9.58. The number of hydrogen-bond donors (Lipinski definition) is 0. The van der Waals surface area contributed by atoms with Gasteiger partial charge in [0.25, 0.3) is 11.6 Å². The molecule has 0 radical (unpaired) electrons. The predicted molar refractivity (Wildman–Crippen MR) is 119 cm³/mol. The van der Waals surface area contributed by atoms with Crippen LogP contribution in [0.1, 0.15) is 22.3 Å². The molecule has 1 aliphatic heterocycles. The number of non-ortho nitro benzene ring substituents is 1. The lowest BCUT2D eigenvalue weighted by atomic mass is 10.1. The number of amides is 1. The minimum absolute atomic E-state index is 0.0205. The van der Waals surface area contributed by atoms with E-state index in [0.29, 0.717) is 5.57 Å². The standard InChI is InChI=1S/C25H20N2O3/c1-17-6-10-20(11-7-17)24-16-21(15-19-8-12-22(13-9-19)27(29)30)25(28)26(24)23-5-3-4-18(2)14-23/h3-16H,1-2H3/b21-15+. The molecule has 0 aromatic heterocycles. The van der Waals surface area contributed by atoms with Gasteiger partial charge in [-0.3, -0.25) is 19.8 Å². The van der Waals surface area contributed by atoms with Gasteiger partial charge in [0.15, 0.2) is 0 Å². The minimum Gasteiger partial charge on any atom is -0.276 e. The zero-order chi connectivity index (χ0) is 21.3. The van der Waals surface area contributed by atoms with E-state index in [2.05, 4.69) is 0 Å². The van der Waals surface area contributed by atoms with Crippen LogP contribution in [-0.4, -0.2) is 10.8 Å². The summed E-state index contributed by atoms with van der Waals surface area (Å²) in [6.07, 6.45) is 3.63. The van der Waals surface area contributed by atoms with Gasteiger partial charge in [-0.2, -0.15) is 0 Å². The summed E-state index contributed by atoms with van der Waals surface area (Å²) >= 11 is 0. The summed E-state index contributed by atoms with van der Waals surface area (Å²) in [5.74, 6) is -0.130. The largest absolute Gasteiger partial charge is 0.276 e. The van der Waals surface area contributed by atoms with Crippen molar-refractivity contribution in [3.8, 4) is 0 Å². The Labute approximate surface area is 174 Å². The third-order valence-electron chi connectivity index (χ3n) is 5.02. The molecule has 3 aromatic carbocycles. The Morgan fingerprint density at radius 2 is 1.60 bits per heavy atom. The lowest BCUT2D eigenvalue weighted by molar-refractivity contribution is -0.384. The van der Waals surface area contributed by atoms with Gasteiger partial charge in [-0.15, -0.1) is 0 Å². The number of anilines is 1. The molecule has 0 unspecified atom stereocenters. The summed E-state index contributed by atoms with van der Waals surface area (Å²) < 4.78 is 0. The number of nitro benzene ring substituents is 1. The highest BCUT2D eigenvalue weighted by atomic mass is 16.6. The molecule has 1 heterocycles. The summed E-state index contributed by atoms with van der Waals surface area (Å²) in [6.45, 7) is 4.02. The van der Waals surface area contributed by atoms with Gasteiger partial charge in [0.05, 0.1) is 10.6 Å². The second kappa shape index (κ2) is 7.79. The lowest BCUT2D eigenvalue weighted by Gasteiger charge is -2.21. The molecule has 148 valence electrons. The van der Waals surface area contributed by atoms with Crippen molar-refractivity contribution in [2.45, 2.75) is 13.8 Å². The Kier molecular flexibility index (Phi) is 5.02. The van der Waals surface area contributed by atoms with E-state index in [1.54, 1.807) is 23.1 Å². The molecule has 5 heteroatoms. The van der Waals surface area contributed by atoms with E-state index in [4.69, 9.17) is 0 Å². The van der Waals surface area contributed by atoms with E-state index in [1.165, 1.54) is 12.1 Å². The van der Waals surface area contributed by atoms with Crippen LogP contribution in [0, 0.1) is 24.0 Å². The maximum atomic E-state index is 13.3. The van der Waals surface area contributed by atoms with E-state index in [-0.39, 0.29) is 11.6 Å². The number of nitro groups is 1. The van der Waals surface area contributed by atoms with Crippen LogP contribution in [0.2, 0.25) is 0 Å². The topological polar surface area (TPSA) is 63.5 Å². The Bertz CT molecular complexity index is 1190. The smallest absolute Gasteiger partial charge is 0.269 e. The molecule has 4 rings (SSSR count).